The molecule has 11 N–H and O–H groups in total. The fourth-order valence-corrected chi connectivity index (χ4v) is 3.20. The number of amidine groups is 1. The molecule has 2 heterocycles. The summed E-state index contributed by atoms with van der Waals surface area (Å²) in [5.74, 6) is 1.70. The number of aliphatic imine (C=N–C) groups is 1. The van der Waals surface area contributed by atoms with Gasteiger partial charge >= 0.3 is 0 Å². The van der Waals surface area contributed by atoms with Crippen molar-refractivity contribution in [2.24, 2.45) is 22.2 Å². The van der Waals surface area contributed by atoms with Crippen LogP contribution in [-0.4, -0.2) is 31.2 Å². The van der Waals surface area contributed by atoms with Gasteiger partial charge in [-0.15, -0.1) is 0 Å². The molecule has 29 heavy (non-hydrogen) atoms. The van der Waals surface area contributed by atoms with Gasteiger partial charge in [0.1, 0.15) is 24.1 Å². The average Bonchev–Trinajstić information content (AvgIpc) is 2.70. The molecule has 2 aliphatic heterocycles. The molecule has 0 bridgehead atoms. The number of hydrogen-bond donors (Lipinski definition) is 7. The van der Waals surface area contributed by atoms with Crippen molar-refractivity contribution < 1.29 is 4.74 Å². The largest absolute Gasteiger partial charge is 0.489 e. The number of nitrogens with two attached hydrogens (primary N) is 4. The lowest BCUT2D eigenvalue weighted by atomic mass is 9.96. The molecule has 9 heteroatoms. The van der Waals surface area contributed by atoms with E-state index in [4.69, 9.17) is 27.7 Å². The molecule has 1 aromatic carbocycles. The van der Waals surface area contributed by atoms with Crippen LogP contribution in [0.25, 0.3) is 0 Å². The third kappa shape index (κ3) is 4.64. The summed E-state index contributed by atoms with van der Waals surface area (Å²) in [6, 6.07) is 3.22. The molecule has 0 aliphatic carbocycles. The van der Waals surface area contributed by atoms with Crippen LogP contribution in [0.2, 0.25) is 0 Å². The van der Waals surface area contributed by atoms with E-state index in [1.807, 2.05) is 38.3 Å². The number of rotatable bonds is 6. The number of hydrogen-bond acceptors (Lipinski definition) is 9. The quantitative estimate of drug-likeness (QED) is 0.339. The van der Waals surface area contributed by atoms with Gasteiger partial charge in [0.2, 0.25) is 0 Å². The Morgan fingerprint density at radius 2 is 2.07 bits per heavy atom. The smallest absolute Gasteiger partial charge is 0.145 e. The van der Waals surface area contributed by atoms with Gasteiger partial charge in [0, 0.05) is 24.8 Å². The normalized spacial score (nSPS) is 17.3. The molecule has 0 fully saturated rings. The van der Waals surface area contributed by atoms with Crippen LogP contribution in [0.3, 0.4) is 0 Å². The number of benzene rings is 1. The zero-order chi connectivity index (χ0) is 21.0. The van der Waals surface area contributed by atoms with Crippen molar-refractivity contribution >= 4 is 17.2 Å². The zero-order valence-electron chi connectivity index (χ0n) is 16.8. The van der Waals surface area contributed by atoms with Gasteiger partial charge in [-0.3, -0.25) is 0 Å². The third-order valence-electron chi connectivity index (χ3n) is 4.67. The average molecular weight is 399 g/mol. The van der Waals surface area contributed by atoms with Gasteiger partial charge in [-0.1, -0.05) is 6.08 Å². The van der Waals surface area contributed by atoms with Gasteiger partial charge in [-0.2, -0.15) is 0 Å². The highest BCUT2D eigenvalue weighted by molar-refractivity contribution is 6.10. The SMILES string of the molecule is CC(C)Oc1cc(N)c(CN)cc1NC1=NCNC(N)=C1C(N)C1=CC=CNC1. The molecular formula is C20H30N8O. The first kappa shape index (κ1) is 20.6. The lowest BCUT2D eigenvalue weighted by Crippen LogP contribution is -2.43. The van der Waals surface area contributed by atoms with E-state index in [1.165, 1.54) is 0 Å². The Balaban J connectivity index is 1.96. The van der Waals surface area contributed by atoms with Gasteiger partial charge in [0.25, 0.3) is 0 Å². The summed E-state index contributed by atoms with van der Waals surface area (Å²) < 4.78 is 5.94. The minimum absolute atomic E-state index is 0.0266. The van der Waals surface area contributed by atoms with Crippen LogP contribution in [0.5, 0.6) is 5.75 Å². The van der Waals surface area contributed by atoms with E-state index in [0.29, 0.717) is 54.1 Å². The standard InChI is InChI=1S/C20H30N8O/c1-11(2)29-16-7-14(22)13(8-21)6-15(16)28-20-17(19(24)26-10-27-20)18(23)12-4-3-5-25-9-12/h3-7,11,18,25-26H,8-10,21-24H2,1-2H3,(H,27,28). The van der Waals surface area contributed by atoms with Crippen molar-refractivity contribution in [3.63, 3.8) is 0 Å². The molecule has 2 aliphatic rings. The predicted molar refractivity (Wildman–Crippen MR) is 118 cm³/mol. The topological polar surface area (TPSA) is 162 Å². The van der Waals surface area contributed by atoms with Crippen molar-refractivity contribution in [2.75, 3.05) is 24.3 Å². The molecule has 1 aromatic rings. The molecule has 0 saturated carbocycles. The number of allylic oxidation sites excluding steroid dienone is 2. The summed E-state index contributed by atoms with van der Waals surface area (Å²) >= 11 is 0. The molecule has 0 aromatic heterocycles. The fraction of sp³-hybridized carbons (Fsp3) is 0.350. The van der Waals surface area contributed by atoms with E-state index in [1.54, 1.807) is 6.07 Å². The Hall–Kier alpha value is -3.17. The summed E-state index contributed by atoms with van der Waals surface area (Å²) in [7, 11) is 0. The lowest BCUT2D eigenvalue weighted by molar-refractivity contribution is 0.244. The van der Waals surface area contributed by atoms with Crippen LogP contribution in [0.1, 0.15) is 19.4 Å². The lowest BCUT2D eigenvalue weighted by Gasteiger charge is -2.28. The van der Waals surface area contributed by atoms with Crippen molar-refractivity contribution in [1.29, 1.82) is 0 Å². The first-order valence-electron chi connectivity index (χ1n) is 9.59. The molecule has 0 spiro atoms. The molecule has 9 nitrogen and oxygen atoms in total. The molecule has 0 saturated heterocycles. The third-order valence-corrected chi connectivity index (χ3v) is 4.67. The summed E-state index contributed by atoms with van der Waals surface area (Å²) in [5, 5.41) is 9.57. The Kier molecular flexibility index (Phi) is 6.30. The van der Waals surface area contributed by atoms with Crippen molar-refractivity contribution in [3.05, 3.63) is 53.0 Å². The summed E-state index contributed by atoms with van der Waals surface area (Å²) in [6.07, 6.45) is 5.74. The van der Waals surface area contributed by atoms with Crippen LogP contribution in [0.15, 0.2) is 52.4 Å². The molecule has 3 rings (SSSR count). The predicted octanol–water partition coefficient (Wildman–Crippen LogP) is 0.427. The second-order valence-corrected chi connectivity index (χ2v) is 7.17. The van der Waals surface area contributed by atoms with Crippen LogP contribution in [0.4, 0.5) is 11.4 Å². The maximum atomic E-state index is 6.54. The van der Waals surface area contributed by atoms with Crippen LogP contribution in [0, 0.1) is 0 Å². The van der Waals surface area contributed by atoms with E-state index in [2.05, 4.69) is 20.9 Å². The van der Waals surface area contributed by atoms with Gasteiger partial charge in [0.05, 0.1) is 23.4 Å². The fourth-order valence-electron chi connectivity index (χ4n) is 3.20. The molecule has 1 atom stereocenters. The van der Waals surface area contributed by atoms with Crippen LogP contribution in [-0.2, 0) is 6.54 Å². The number of ether oxygens (including phenoxy) is 1. The zero-order valence-corrected chi connectivity index (χ0v) is 16.8. The first-order chi connectivity index (χ1) is 13.9. The molecule has 0 amide bonds. The summed E-state index contributed by atoms with van der Waals surface area (Å²) in [4.78, 5) is 4.56. The van der Waals surface area contributed by atoms with Gasteiger partial charge in [0.15, 0.2) is 0 Å². The van der Waals surface area contributed by atoms with Gasteiger partial charge in [-0.05, 0) is 43.3 Å². The van der Waals surface area contributed by atoms with Crippen molar-refractivity contribution in [1.82, 2.24) is 10.6 Å². The van der Waals surface area contributed by atoms with Gasteiger partial charge in [-0.25, -0.2) is 4.99 Å². The first-order valence-corrected chi connectivity index (χ1v) is 9.59. The van der Waals surface area contributed by atoms with Crippen molar-refractivity contribution in [3.8, 4) is 5.75 Å². The highest BCUT2D eigenvalue weighted by Gasteiger charge is 2.26. The molecule has 1 unspecified atom stereocenters. The minimum Gasteiger partial charge on any atom is -0.489 e. The monoisotopic (exact) mass is 398 g/mol. The molecule has 156 valence electrons. The van der Waals surface area contributed by atoms with Crippen molar-refractivity contribution in [2.45, 2.75) is 32.5 Å². The number of nitrogens with one attached hydrogen (secondary N) is 3. The van der Waals surface area contributed by atoms with Crippen LogP contribution >= 0.6 is 0 Å². The second kappa shape index (κ2) is 8.89. The Labute approximate surface area is 170 Å². The minimum atomic E-state index is -0.427. The Morgan fingerprint density at radius 1 is 1.28 bits per heavy atom. The Morgan fingerprint density at radius 3 is 2.72 bits per heavy atom. The maximum Gasteiger partial charge on any atom is 0.145 e. The molecule has 0 radical (unpaired) electrons. The van der Waals surface area contributed by atoms with E-state index >= 15 is 0 Å². The van der Waals surface area contributed by atoms with E-state index in [9.17, 15) is 0 Å². The summed E-state index contributed by atoms with van der Waals surface area (Å²) in [6.45, 7) is 5.21. The second-order valence-electron chi connectivity index (χ2n) is 7.17. The number of anilines is 2. The number of nitrogens with zero attached hydrogens (tertiary/aromatic N) is 1. The molecular weight excluding hydrogens is 368 g/mol. The maximum absolute atomic E-state index is 6.54. The Bertz CT molecular complexity index is 885. The number of dihydropyridines is 1. The van der Waals surface area contributed by atoms with E-state index in [0.717, 1.165) is 11.1 Å². The van der Waals surface area contributed by atoms with Gasteiger partial charge < -0.3 is 43.6 Å². The highest BCUT2D eigenvalue weighted by atomic mass is 16.5. The van der Waals surface area contributed by atoms with E-state index in [-0.39, 0.29) is 6.10 Å². The highest BCUT2D eigenvalue weighted by Crippen LogP contribution is 2.32. The van der Waals surface area contributed by atoms with Crippen LogP contribution < -0.4 is 43.6 Å². The number of nitrogen functional groups attached to an aromatic ring is 1. The van der Waals surface area contributed by atoms with E-state index < -0.39 is 6.04 Å². The summed E-state index contributed by atoms with van der Waals surface area (Å²) in [5.41, 5.74) is 28.6.